The molecule has 1 aromatic carbocycles. The van der Waals surface area contributed by atoms with E-state index in [1.807, 2.05) is 19.4 Å². The molecular formula is C16H22N4. The van der Waals surface area contributed by atoms with E-state index in [0.29, 0.717) is 6.04 Å². The lowest BCUT2D eigenvalue weighted by Gasteiger charge is -2.16. The fraction of sp³-hybridized carbons (Fsp3) is 0.438. The third-order valence-electron chi connectivity index (χ3n) is 3.99. The van der Waals surface area contributed by atoms with Crippen molar-refractivity contribution in [2.45, 2.75) is 25.6 Å². The van der Waals surface area contributed by atoms with E-state index in [2.05, 4.69) is 50.1 Å². The molecule has 0 bridgehead atoms. The Labute approximate surface area is 120 Å². The summed E-state index contributed by atoms with van der Waals surface area (Å²) in [7, 11) is 2.04. The Balaban J connectivity index is 1.46. The zero-order chi connectivity index (χ0) is 13.8. The van der Waals surface area contributed by atoms with Crippen molar-refractivity contribution >= 4 is 0 Å². The van der Waals surface area contributed by atoms with Crippen LogP contribution in [0.3, 0.4) is 0 Å². The van der Waals surface area contributed by atoms with Crippen LogP contribution in [0.2, 0.25) is 0 Å². The van der Waals surface area contributed by atoms with Crippen LogP contribution in [-0.4, -0.2) is 33.6 Å². The minimum atomic E-state index is 0.579. The van der Waals surface area contributed by atoms with Crippen molar-refractivity contribution in [2.75, 3.05) is 13.1 Å². The predicted octanol–water partition coefficient (Wildman–Crippen LogP) is 1.78. The summed E-state index contributed by atoms with van der Waals surface area (Å²) in [5, 5.41) is 3.62. The second-order valence-electron chi connectivity index (χ2n) is 5.54. The molecule has 1 aliphatic heterocycles. The lowest BCUT2D eigenvalue weighted by Crippen LogP contribution is -2.32. The highest BCUT2D eigenvalue weighted by Gasteiger charge is 2.22. The van der Waals surface area contributed by atoms with Crippen molar-refractivity contribution < 1.29 is 0 Å². The molecule has 0 radical (unpaired) electrons. The van der Waals surface area contributed by atoms with E-state index in [1.165, 1.54) is 18.5 Å². The van der Waals surface area contributed by atoms with Gasteiger partial charge in [-0.15, -0.1) is 0 Å². The maximum absolute atomic E-state index is 4.35. The molecule has 1 atom stereocenters. The Morgan fingerprint density at radius 2 is 2.15 bits per heavy atom. The second kappa shape index (κ2) is 6.20. The summed E-state index contributed by atoms with van der Waals surface area (Å²) in [6.07, 6.45) is 5.07. The number of hydrogen-bond donors (Lipinski definition) is 1. The number of nitrogens with one attached hydrogen (secondary N) is 1. The third kappa shape index (κ3) is 3.26. The normalized spacial score (nSPS) is 19.6. The van der Waals surface area contributed by atoms with Crippen molar-refractivity contribution in [2.24, 2.45) is 7.05 Å². The first-order chi connectivity index (χ1) is 9.81. The first kappa shape index (κ1) is 13.3. The average molecular weight is 270 g/mol. The standard InChI is InChI=1S/C16H22N4/c1-19-10-8-17-16(19)11-18-15-7-9-20(13-15)12-14-5-3-2-4-6-14/h2-6,8,10,15,18H,7,9,11-13H2,1H3. The van der Waals surface area contributed by atoms with Gasteiger partial charge >= 0.3 is 0 Å². The van der Waals surface area contributed by atoms with Crippen LogP contribution in [0.1, 0.15) is 17.8 Å². The largest absolute Gasteiger partial charge is 0.337 e. The molecule has 2 heterocycles. The Morgan fingerprint density at radius 3 is 2.90 bits per heavy atom. The van der Waals surface area contributed by atoms with Crippen molar-refractivity contribution in [1.82, 2.24) is 19.8 Å². The van der Waals surface area contributed by atoms with E-state index in [1.54, 1.807) is 0 Å². The van der Waals surface area contributed by atoms with Gasteiger partial charge < -0.3 is 9.88 Å². The topological polar surface area (TPSA) is 33.1 Å². The lowest BCUT2D eigenvalue weighted by atomic mass is 10.2. The van der Waals surface area contributed by atoms with E-state index in [-0.39, 0.29) is 0 Å². The first-order valence-electron chi connectivity index (χ1n) is 7.27. The molecule has 4 heteroatoms. The SMILES string of the molecule is Cn1ccnc1CNC1CCN(Cc2ccccc2)C1. The summed E-state index contributed by atoms with van der Waals surface area (Å²) < 4.78 is 2.07. The molecule has 1 aromatic heterocycles. The average Bonchev–Trinajstić information content (AvgIpc) is 3.07. The molecule has 0 amide bonds. The minimum absolute atomic E-state index is 0.579. The van der Waals surface area contributed by atoms with Gasteiger partial charge in [-0.25, -0.2) is 4.98 Å². The van der Waals surface area contributed by atoms with Gasteiger partial charge in [0.15, 0.2) is 0 Å². The highest BCUT2D eigenvalue weighted by atomic mass is 15.2. The van der Waals surface area contributed by atoms with Crippen LogP contribution >= 0.6 is 0 Å². The van der Waals surface area contributed by atoms with E-state index in [0.717, 1.165) is 25.5 Å². The van der Waals surface area contributed by atoms with Crippen LogP contribution in [-0.2, 0) is 20.1 Å². The van der Waals surface area contributed by atoms with Gasteiger partial charge in [-0.2, -0.15) is 0 Å². The summed E-state index contributed by atoms with van der Waals surface area (Å²) in [6, 6.07) is 11.3. The van der Waals surface area contributed by atoms with Gasteiger partial charge in [0.25, 0.3) is 0 Å². The molecule has 2 aromatic rings. The quantitative estimate of drug-likeness (QED) is 0.899. The molecule has 1 aliphatic rings. The van der Waals surface area contributed by atoms with Crippen LogP contribution in [0, 0.1) is 0 Å². The predicted molar refractivity (Wildman–Crippen MR) is 80.2 cm³/mol. The van der Waals surface area contributed by atoms with Crippen LogP contribution < -0.4 is 5.32 Å². The third-order valence-corrected chi connectivity index (χ3v) is 3.99. The lowest BCUT2D eigenvalue weighted by molar-refractivity contribution is 0.319. The molecule has 0 spiro atoms. The highest BCUT2D eigenvalue weighted by molar-refractivity contribution is 5.14. The first-order valence-corrected chi connectivity index (χ1v) is 7.27. The second-order valence-corrected chi connectivity index (χ2v) is 5.54. The zero-order valence-corrected chi connectivity index (χ0v) is 12.0. The number of aromatic nitrogens is 2. The molecule has 0 saturated carbocycles. The summed E-state index contributed by atoms with van der Waals surface area (Å²) in [4.78, 5) is 6.87. The molecule has 1 N–H and O–H groups in total. The smallest absolute Gasteiger partial charge is 0.122 e. The molecule has 1 unspecified atom stereocenters. The van der Waals surface area contributed by atoms with Gasteiger partial charge in [-0.05, 0) is 12.0 Å². The fourth-order valence-electron chi connectivity index (χ4n) is 2.79. The van der Waals surface area contributed by atoms with Crippen LogP contribution in [0.5, 0.6) is 0 Å². The minimum Gasteiger partial charge on any atom is -0.337 e. The number of hydrogen-bond acceptors (Lipinski definition) is 3. The molecule has 4 nitrogen and oxygen atoms in total. The molecule has 106 valence electrons. The summed E-state index contributed by atoms with van der Waals surface area (Å²) in [6.45, 7) is 4.21. The van der Waals surface area contributed by atoms with Crippen LogP contribution in [0.4, 0.5) is 0 Å². The number of rotatable bonds is 5. The Bertz CT molecular complexity index is 534. The van der Waals surface area contributed by atoms with Gasteiger partial charge in [0.1, 0.15) is 5.82 Å². The van der Waals surface area contributed by atoms with Gasteiger partial charge in [0.05, 0.1) is 6.54 Å². The van der Waals surface area contributed by atoms with Gasteiger partial charge in [0, 0.05) is 45.1 Å². The fourth-order valence-corrected chi connectivity index (χ4v) is 2.79. The van der Waals surface area contributed by atoms with Gasteiger partial charge in [0.2, 0.25) is 0 Å². The van der Waals surface area contributed by atoms with Crippen molar-refractivity contribution in [3.05, 3.63) is 54.1 Å². The van der Waals surface area contributed by atoms with Gasteiger partial charge in [-0.3, -0.25) is 4.90 Å². The number of aryl methyl sites for hydroxylation is 1. The summed E-state index contributed by atoms with van der Waals surface area (Å²) >= 11 is 0. The number of likely N-dealkylation sites (tertiary alicyclic amines) is 1. The summed E-state index contributed by atoms with van der Waals surface area (Å²) in [5.41, 5.74) is 1.40. The van der Waals surface area contributed by atoms with Crippen molar-refractivity contribution in [1.29, 1.82) is 0 Å². The molecule has 20 heavy (non-hydrogen) atoms. The van der Waals surface area contributed by atoms with E-state index in [9.17, 15) is 0 Å². The molecule has 3 rings (SSSR count). The number of benzene rings is 1. The van der Waals surface area contributed by atoms with Gasteiger partial charge in [-0.1, -0.05) is 30.3 Å². The highest BCUT2D eigenvalue weighted by Crippen LogP contribution is 2.13. The van der Waals surface area contributed by atoms with E-state index in [4.69, 9.17) is 0 Å². The summed E-state index contributed by atoms with van der Waals surface area (Å²) in [5.74, 6) is 1.10. The maximum atomic E-state index is 4.35. The molecular weight excluding hydrogens is 248 g/mol. The van der Waals surface area contributed by atoms with Crippen molar-refractivity contribution in [3.63, 3.8) is 0 Å². The van der Waals surface area contributed by atoms with Crippen molar-refractivity contribution in [3.8, 4) is 0 Å². The van der Waals surface area contributed by atoms with Crippen LogP contribution in [0.15, 0.2) is 42.7 Å². The van der Waals surface area contributed by atoms with Crippen LogP contribution in [0.25, 0.3) is 0 Å². The Morgan fingerprint density at radius 1 is 1.30 bits per heavy atom. The Kier molecular flexibility index (Phi) is 4.14. The zero-order valence-electron chi connectivity index (χ0n) is 12.0. The maximum Gasteiger partial charge on any atom is 0.122 e. The van der Waals surface area contributed by atoms with E-state index < -0.39 is 0 Å². The monoisotopic (exact) mass is 270 g/mol. The number of nitrogens with zero attached hydrogens (tertiary/aromatic N) is 3. The molecule has 1 saturated heterocycles. The van der Waals surface area contributed by atoms with E-state index >= 15 is 0 Å². The Hall–Kier alpha value is -1.65. The number of imidazole rings is 1. The molecule has 1 fully saturated rings. The molecule has 0 aliphatic carbocycles.